The maximum absolute atomic E-state index is 6.92. The first-order valence-corrected chi connectivity index (χ1v) is 21.8. The van der Waals surface area contributed by atoms with Crippen molar-refractivity contribution in [3.63, 3.8) is 0 Å². The van der Waals surface area contributed by atoms with E-state index in [1.54, 1.807) is 0 Å². The van der Waals surface area contributed by atoms with Gasteiger partial charge < -0.3 is 13.3 Å². The van der Waals surface area contributed by atoms with Gasteiger partial charge in [-0.05, 0) is 75.8 Å². The molecule has 3 heterocycles. The van der Waals surface area contributed by atoms with Crippen molar-refractivity contribution in [3.8, 4) is 55.6 Å². The van der Waals surface area contributed by atoms with Crippen molar-refractivity contribution >= 4 is 65.8 Å². The minimum Gasteiger partial charge on any atom is -0.457 e. The molecule has 3 nitrogen and oxygen atoms in total. The van der Waals surface area contributed by atoms with Gasteiger partial charge in [-0.3, -0.25) is 0 Å². The van der Waals surface area contributed by atoms with Crippen LogP contribution in [-0.2, 0) is 10.8 Å². The summed E-state index contributed by atoms with van der Waals surface area (Å²) in [7, 11) is 0. The molecule has 0 N–H and O–H groups in total. The molecule has 0 amide bonds. The smallest absolute Gasteiger partial charge is 0.457 e. The zero-order valence-corrected chi connectivity index (χ0v) is 39.9. The first-order valence-electron chi connectivity index (χ1n) is 21.8. The van der Waals surface area contributed by atoms with Crippen LogP contribution in [0.3, 0.4) is 0 Å². The Hall–Kier alpha value is -6.57. The van der Waals surface area contributed by atoms with E-state index >= 15 is 0 Å². The molecule has 0 fully saturated rings. The van der Waals surface area contributed by atoms with E-state index in [1.807, 2.05) is 36.4 Å². The second kappa shape index (κ2) is 13.2. The quantitative estimate of drug-likeness (QED) is 0.166. The SMILES string of the molecule is CC1(C)c2cc3c(cc2-c2c(-c4[c-]cccc4)[c-]c(-c4ccc5c(c4)oc4ccccc45)cc21)C(C)(C)c1cc(-c2ccc4c(c2)oc2ccccc24)c2oc4ccccc4c2c1-3.[U+2]. The molecule has 0 bridgehead atoms. The van der Waals surface area contributed by atoms with Gasteiger partial charge in [-0.15, -0.1) is 28.8 Å². The molecule has 64 heavy (non-hydrogen) atoms. The number of rotatable bonds is 3. The Morgan fingerprint density at radius 1 is 0.406 bits per heavy atom. The molecule has 4 heteroatoms. The number of fused-ring (bicyclic) bond motifs is 16. The van der Waals surface area contributed by atoms with Gasteiger partial charge in [0.2, 0.25) is 0 Å². The molecule has 300 valence electrons. The minimum absolute atomic E-state index is 0. The number of hydrogen-bond donors (Lipinski definition) is 0. The summed E-state index contributed by atoms with van der Waals surface area (Å²) in [5.41, 5.74) is 21.4. The Labute approximate surface area is 393 Å². The molecular formula is C60H38O3U. The fourth-order valence-corrected chi connectivity index (χ4v) is 11.3. The summed E-state index contributed by atoms with van der Waals surface area (Å²) < 4.78 is 19.7. The summed E-state index contributed by atoms with van der Waals surface area (Å²) in [6.07, 6.45) is 0. The second-order valence-corrected chi connectivity index (χ2v) is 18.6. The van der Waals surface area contributed by atoms with Crippen LogP contribution in [-0.4, -0.2) is 0 Å². The molecule has 0 saturated heterocycles. The summed E-state index contributed by atoms with van der Waals surface area (Å²) in [5, 5.41) is 6.79. The van der Waals surface area contributed by atoms with Gasteiger partial charge in [0, 0.05) is 48.7 Å². The van der Waals surface area contributed by atoms with E-state index in [1.165, 1.54) is 49.9 Å². The number of furan rings is 3. The van der Waals surface area contributed by atoms with E-state index in [2.05, 4.69) is 161 Å². The number of hydrogen-bond acceptors (Lipinski definition) is 3. The Kier molecular flexibility index (Phi) is 7.85. The molecule has 0 radical (unpaired) electrons. The minimum atomic E-state index is -0.317. The van der Waals surface area contributed by atoms with Crippen LogP contribution in [0.4, 0.5) is 0 Å². The Balaban J connectivity index is 0.00000413. The molecule has 0 atom stereocenters. The van der Waals surface area contributed by atoms with E-state index in [-0.39, 0.29) is 41.9 Å². The number of para-hydroxylation sites is 3. The summed E-state index contributed by atoms with van der Waals surface area (Å²) in [5.74, 6) is 0. The molecule has 0 aliphatic heterocycles. The maximum Gasteiger partial charge on any atom is 2.00 e. The molecule has 2 aliphatic rings. The van der Waals surface area contributed by atoms with Crippen LogP contribution in [0.15, 0.2) is 171 Å². The Morgan fingerprint density at radius 3 is 1.56 bits per heavy atom. The summed E-state index contributed by atoms with van der Waals surface area (Å²) in [4.78, 5) is 0. The molecule has 3 aromatic heterocycles. The van der Waals surface area contributed by atoms with Crippen LogP contribution >= 0.6 is 0 Å². The van der Waals surface area contributed by atoms with Crippen molar-refractivity contribution in [1.29, 1.82) is 0 Å². The molecule has 0 saturated carbocycles. The molecular weight excluding hydrogens is 1010 g/mol. The molecule has 0 spiro atoms. The van der Waals surface area contributed by atoms with Gasteiger partial charge in [0.15, 0.2) is 0 Å². The largest absolute Gasteiger partial charge is 2.00 e. The molecule has 2 aliphatic carbocycles. The second-order valence-electron chi connectivity index (χ2n) is 18.6. The normalized spacial score (nSPS) is 14.4. The van der Waals surface area contributed by atoms with Crippen LogP contribution in [0.25, 0.3) is 121 Å². The van der Waals surface area contributed by atoms with Crippen molar-refractivity contribution in [2.24, 2.45) is 0 Å². The van der Waals surface area contributed by atoms with Gasteiger partial charge in [-0.2, -0.15) is 35.9 Å². The summed E-state index contributed by atoms with van der Waals surface area (Å²) >= 11 is 0. The van der Waals surface area contributed by atoms with E-state index in [9.17, 15) is 0 Å². The van der Waals surface area contributed by atoms with Crippen molar-refractivity contribution in [1.82, 2.24) is 0 Å². The average Bonchev–Trinajstić information content (AvgIpc) is 4.09. The number of benzene rings is 9. The first-order chi connectivity index (χ1) is 30.7. The Morgan fingerprint density at radius 2 is 0.922 bits per heavy atom. The van der Waals surface area contributed by atoms with Crippen molar-refractivity contribution in [3.05, 3.63) is 192 Å². The third kappa shape index (κ3) is 5.04. The van der Waals surface area contributed by atoms with Gasteiger partial charge >= 0.3 is 31.1 Å². The summed E-state index contributed by atoms with van der Waals surface area (Å²) in [6.45, 7) is 9.55. The zero-order chi connectivity index (χ0) is 41.9. The standard InChI is InChI=1S/C60H38O3.U/c1-59(2)46-32-45-47(31-44(46)55-42(33-14-6-5-7-15-33)26-36(27-48(55)59)34-22-24-39-37-16-8-11-19-50(37)61-53(39)28-34)60(3,4)49-30-43(58-57(56(45)49)41-18-10-13-21-52(41)63-58)35-23-25-40-38-17-9-12-20-51(38)62-54(40)29-35;/h5-14,16-25,27-32H,1-4H3;/q-2;+2. The van der Waals surface area contributed by atoms with Crippen LogP contribution in [0.2, 0.25) is 0 Å². The van der Waals surface area contributed by atoms with Gasteiger partial charge in [0.25, 0.3) is 0 Å². The summed E-state index contributed by atoms with van der Waals surface area (Å²) in [6, 6.07) is 63.9. The molecule has 12 aromatic rings. The van der Waals surface area contributed by atoms with E-state index in [0.29, 0.717) is 0 Å². The molecule has 0 unspecified atom stereocenters. The predicted molar refractivity (Wildman–Crippen MR) is 257 cm³/mol. The van der Waals surface area contributed by atoms with Crippen LogP contribution in [0.5, 0.6) is 0 Å². The van der Waals surface area contributed by atoms with Crippen LogP contribution in [0, 0.1) is 43.2 Å². The van der Waals surface area contributed by atoms with Crippen molar-refractivity contribution in [2.75, 3.05) is 0 Å². The van der Waals surface area contributed by atoms with E-state index in [0.717, 1.165) is 93.8 Å². The fraction of sp³-hybridized carbons (Fsp3) is 0.100. The third-order valence-corrected chi connectivity index (χ3v) is 14.5. The van der Waals surface area contributed by atoms with Crippen molar-refractivity contribution in [2.45, 2.75) is 38.5 Å². The van der Waals surface area contributed by atoms with Crippen LogP contribution < -0.4 is 0 Å². The van der Waals surface area contributed by atoms with E-state index < -0.39 is 0 Å². The fourth-order valence-electron chi connectivity index (χ4n) is 11.3. The van der Waals surface area contributed by atoms with E-state index in [4.69, 9.17) is 13.3 Å². The van der Waals surface area contributed by atoms with Crippen molar-refractivity contribution < 1.29 is 44.4 Å². The third-order valence-electron chi connectivity index (χ3n) is 14.5. The average molecular weight is 1040 g/mol. The van der Waals surface area contributed by atoms with Gasteiger partial charge in [0.05, 0.1) is 0 Å². The zero-order valence-electron chi connectivity index (χ0n) is 35.7. The monoisotopic (exact) mass is 1040 g/mol. The predicted octanol–water partition coefficient (Wildman–Crippen LogP) is 16.6. The Bertz CT molecular complexity index is 3970. The maximum atomic E-state index is 6.92. The molecule has 9 aromatic carbocycles. The molecule has 14 rings (SSSR count). The van der Waals surface area contributed by atoms with Gasteiger partial charge in [0.1, 0.15) is 33.5 Å². The first kappa shape index (κ1) is 37.9. The van der Waals surface area contributed by atoms with Gasteiger partial charge in [-0.1, -0.05) is 124 Å². The van der Waals surface area contributed by atoms with Crippen LogP contribution in [0.1, 0.15) is 49.9 Å². The topological polar surface area (TPSA) is 39.4 Å². The van der Waals surface area contributed by atoms with Gasteiger partial charge in [-0.25, -0.2) is 5.56 Å².